The summed E-state index contributed by atoms with van der Waals surface area (Å²) in [6.45, 7) is 21.6. The minimum atomic E-state index is -0.188. The van der Waals surface area contributed by atoms with Crippen molar-refractivity contribution in [1.82, 2.24) is 4.57 Å². The molecule has 1 radical (unpaired) electrons. The summed E-state index contributed by atoms with van der Waals surface area (Å²) in [6, 6.07) is 52.0. The van der Waals surface area contributed by atoms with Gasteiger partial charge in [0.1, 0.15) is 0 Å². The van der Waals surface area contributed by atoms with Crippen molar-refractivity contribution < 1.29 is 0 Å². The first-order valence-electron chi connectivity index (χ1n) is 24.5. The molecule has 0 saturated heterocycles. The Morgan fingerprint density at radius 2 is 1.12 bits per heavy atom. The number of thiophene rings is 2. The SMILES string of the molecule is CC(C)(C)c1ccc(Nc2cc3c(cc2-c2ccc4c5cc6c(cc5n5c4c2[B]c2cc4sc7ccccc7c4cc2-5)sc2ccccc26)C(C)(C)c2cc4c(cc2-3)C(C)(C)CCC4(C)C)cc1. The molecule has 0 saturated carbocycles. The first kappa shape index (κ1) is 40.9. The van der Waals surface area contributed by atoms with E-state index in [1.54, 1.807) is 0 Å². The van der Waals surface area contributed by atoms with Gasteiger partial charge in [-0.2, -0.15) is 0 Å². The van der Waals surface area contributed by atoms with Gasteiger partial charge in [-0.15, -0.1) is 22.7 Å². The topological polar surface area (TPSA) is 17.0 Å². The van der Waals surface area contributed by atoms with Crippen LogP contribution in [0.25, 0.3) is 90.1 Å². The van der Waals surface area contributed by atoms with Gasteiger partial charge in [0.15, 0.2) is 7.28 Å². The molecule has 2 aliphatic carbocycles. The number of aromatic nitrogens is 1. The maximum atomic E-state index is 4.06. The summed E-state index contributed by atoms with van der Waals surface area (Å²) in [7, 11) is 2.51. The van der Waals surface area contributed by atoms with E-state index in [-0.39, 0.29) is 21.7 Å². The lowest BCUT2D eigenvalue weighted by molar-refractivity contribution is 0.331. The zero-order valence-corrected chi connectivity index (χ0v) is 42.1. The Labute approximate surface area is 407 Å². The molecule has 0 fully saturated rings. The van der Waals surface area contributed by atoms with Gasteiger partial charge in [0.05, 0.1) is 5.52 Å². The molecule has 68 heavy (non-hydrogen) atoms. The molecule has 4 heterocycles. The Balaban J connectivity index is 1.05. The normalized spacial score (nSPS) is 16.4. The first-order valence-corrected chi connectivity index (χ1v) is 26.2. The smallest absolute Gasteiger partial charge is 0.197 e. The third-order valence-electron chi connectivity index (χ3n) is 16.6. The van der Waals surface area contributed by atoms with Crippen molar-refractivity contribution in [3.8, 4) is 27.9 Å². The van der Waals surface area contributed by atoms with E-state index in [1.807, 2.05) is 22.7 Å². The van der Waals surface area contributed by atoms with Gasteiger partial charge in [-0.25, -0.2) is 0 Å². The minimum absolute atomic E-state index is 0.0698. The summed E-state index contributed by atoms with van der Waals surface area (Å²) in [6.07, 6.45) is 2.40. The summed E-state index contributed by atoms with van der Waals surface area (Å²) in [5.41, 5.74) is 21.2. The molecule has 14 rings (SSSR count). The maximum absolute atomic E-state index is 4.06. The zero-order valence-electron chi connectivity index (χ0n) is 40.5. The van der Waals surface area contributed by atoms with Crippen LogP contribution in [-0.2, 0) is 21.7 Å². The number of benzene rings is 8. The number of nitrogens with one attached hydrogen (secondary N) is 1. The second-order valence-corrected chi connectivity index (χ2v) is 25.3. The van der Waals surface area contributed by atoms with Crippen LogP contribution in [0.3, 0.4) is 0 Å². The van der Waals surface area contributed by atoms with E-state index in [0.717, 1.165) is 11.4 Å². The van der Waals surface area contributed by atoms with Crippen molar-refractivity contribution >= 4 is 114 Å². The number of hydrogen-bond acceptors (Lipinski definition) is 3. The molecule has 0 spiro atoms. The Morgan fingerprint density at radius 1 is 0.515 bits per heavy atom. The van der Waals surface area contributed by atoms with Crippen molar-refractivity contribution in [2.75, 3.05) is 5.32 Å². The highest BCUT2D eigenvalue weighted by molar-refractivity contribution is 7.26. The molecule has 0 atom stereocenters. The number of hydrogen-bond donors (Lipinski definition) is 1. The van der Waals surface area contributed by atoms with Crippen molar-refractivity contribution in [2.45, 2.75) is 96.8 Å². The van der Waals surface area contributed by atoms with Crippen LogP contribution in [0.2, 0.25) is 0 Å². The standard InChI is InChI=1S/C63H54BN2S2/c1-60(2,3)34-18-20-35(21-19-34)65-51-29-41-40-27-48-49(62(6,7)25-24-61(48,4)5)31-47(40)63(8,9)46(41)28-42(51)38-22-23-39-43-26-44-36-14-10-12-16-54(36)68-57(44)33-52(43)66-53-30-45-37-15-11-13-17-55(37)67-56(45)32-50(53)64-58(38)59(39)66/h10-23,26-33,65H,24-25H2,1-9H3. The van der Waals surface area contributed by atoms with Gasteiger partial charge >= 0.3 is 0 Å². The van der Waals surface area contributed by atoms with Crippen LogP contribution in [0, 0.1) is 0 Å². The van der Waals surface area contributed by atoms with E-state index in [2.05, 4.69) is 213 Å². The van der Waals surface area contributed by atoms with Crippen LogP contribution >= 0.6 is 22.7 Å². The fourth-order valence-electron chi connectivity index (χ4n) is 12.6. The van der Waals surface area contributed by atoms with Gasteiger partial charge < -0.3 is 9.88 Å². The molecule has 0 amide bonds. The van der Waals surface area contributed by atoms with Crippen LogP contribution in [-0.4, -0.2) is 11.8 Å². The fraction of sp³-hybridized carbons (Fsp3) is 0.238. The van der Waals surface area contributed by atoms with Crippen LogP contribution in [0.5, 0.6) is 0 Å². The van der Waals surface area contributed by atoms with Gasteiger partial charge in [-0.1, -0.05) is 135 Å². The summed E-state index contributed by atoms with van der Waals surface area (Å²) in [5, 5.41) is 12.0. The third kappa shape index (κ3) is 5.64. The summed E-state index contributed by atoms with van der Waals surface area (Å²) in [5.74, 6) is 0. The van der Waals surface area contributed by atoms with Crippen molar-refractivity contribution in [3.63, 3.8) is 0 Å². The van der Waals surface area contributed by atoms with E-state index in [0.29, 0.717) is 0 Å². The predicted molar refractivity (Wildman–Crippen MR) is 298 cm³/mol. The van der Waals surface area contributed by atoms with Crippen molar-refractivity contribution in [3.05, 3.63) is 161 Å². The molecule has 3 aliphatic rings. The summed E-state index contributed by atoms with van der Waals surface area (Å²) >= 11 is 3.81. The number of nitrogens with zero attached hydrogens (tertiary/aromatic N) is 1. The van der Waals surface area contributed by atoms with E-state index < -0.39 is 0 Å². The Hall–Kier alpha value is -6.14. The van der Waals surface area contributed by atoms with Gasteiger partial charge in [0.2, 0.25) is 0 Å². The minimum Gasteiger partial charge on any atom is -0.355 e. The molecule has 2 nitrogen and oxygen atoms in total. The molecular weight excluding hydrogens is 860 g/mol. The van der Waals surface area contributed by atoms with Gasteiger partial charge in [0.25, 0.3) is 0 Å². The third-order valence-corrected chi connectivity index (χ3v) is 18.9. The molecule has 5 heteroatoms. The molecule has 3 aromatic heterocycles. The molecule has 0 unspecified atom stereocenters. The first-order chi connectivity index (χ1) is 32.5. The zero-order chi connectivity index (χ0) is 46.4. The van der Waals surface area contributed by atoms with E-state index in [9.17, 15) is 0 Å². The van der Waals surface area contributed by atoms with Crippen LogP contribution in [0.15, 0.2) is 133 Å². The van der Waals surface area contributed by atoms with Gasteiger partial charge in [-0.05, 0) is 146 Å². The lowest BCUT2D eigenvalue weighted by Crippen LogP contribution is -2.37. The predicted octanol–water partition coefficient (Wildman–Crippen LogP) is 16.9. The highest BCUT2D eigenvalue weighted by Crippen LogP contribution is 2.56. The fourth-order valence-corrected chi connectivity index (χ4v) is 14.9. The number of rotatable bonds is 3. The van der Waals surface area contributed by atoms with E-state index in [1.165, 1.54) is 142 Å². The molecular formula is C63H54BN2S2. The molecule has 11 aromatic rings. The number of anilines is 2. The monoisotopic (exact) mass is 913 g/mol. The second kappa shape index (κ2) is 13.6. The number of fused-ring (bicyclic) bond motifs is 15. The van der Waals surface area contributed by atoms with Crippen molar-refractivity contribution in [2.24, 2.45) is 0 Å². The molecule has 0 bridgehead atoms. The molecule has 1 N–H and O–H groups in total. The lowest BCUT2D eigenvalue weighted by Gasteiger charge is -2.42. The largest absolute Gasteiger partial charge is 0.355 e. The summed E-state index contributed by atoms with van der Waals surface area (Å²) in [4.78, 5) is 0. The maximum Gasteiger partial charge on any atom is 0.197 e. The highest BCUT2D eigenvalue weighted by atomic mass is 32.1. The lowest BCUT2D eigenvalue weighted by atomic mass is 9.59. The summed E-state index contributed by atoms with van der Waals surface area (Å²) < 4.78 is 7.94. The molecule has 1 aliphatic heterocycles. The second-order valence-electron chi connectivity index (χ2n) is 23.1. The van der Waals surface area contributed by atoms with Crippen molar-refractivity contribution in [1.29, 1.82) is 0 Å². The Morgan fingerprint density at radius 3 is 1.81 bits per heavy atom. The Kier molecular flexibility index (Phi) is 8.15. The molecule has 8 aromatic carbocycles. The average molecular weight is 914 g/mol. The Bertz CT molecular complexity index is 4030. The van der Waals surface area contributed by atoms with Crippen LogP contribution < -0.4 is 16.2 Å². The quantitative estimate of drug-likeness (QED) is 0.175. The average Bonchev–Trinajstić information content (AvgIpc) is 4.02. The van der Waals surface area contributed by atoms with Crippen LogP contribution in [0.1, 0.15) is 103 Å². The van der Waals surface area contributed by atoms with E-state index in [4.69, 9.17) is 0 Å². The van der Waals surface area contributed by atoms with Gasteiger partial charge in [-0.3, -0.25) is 0 Å². The van der Waals surface area contributed by atoms with Gasteiger partial charge in [0, 0.05) is 84.7 Å². The molecule has 331 valence electrons. The van der Waals surface area contributed by atoms with Crippen LogP contribution in [0.4, 0.5) is 11.4 Å². The highest BCUT2D eigenvalue weighted by Gasteiger charge is 2.43. The van der Waals surface area contributed by atoms with E-state index >= 15 is 0 Å².